The fourth-order valence-electron chi connectivity index (χ4n) is 3.88. The van der Waals surface area contributed by atoms with Gasteiger partial charge in [0, 0.05) is 60.9 Å². The van der Waals surface area contributed by atoms with Crippen LogP contribution in [0.4, 0.5) is 0 Å². The molecule has 3 aromatic rings. The number of thioether (sulfide) groups is 1. The van der Waals surface area contributed by atoms with Crippen molar-refractivity contribution in [3.63, 3.8) is 0 Å². The summed E-state index contributed by atoms with van der Waals surface area (Å²) in [5, 5.41) is 1.05. The van der Waals surface area contributed by atoms with E-state index in [-0.39, 0.29) is 5.91 Å². The van der Waals surface area contributed by atoms with Crippen LogP contribution < -0.4 is 0 Å². The summed E-state index contributed by atoms with van der Waals surface area (Å²) in [4.78, 5) is 30.0. The van der Waals surface area contributed by atoms with Crippen molar-refractivity contribution in [2.75, 3.05) is 38.5 Å². The molecule has 4 rings (SSSR count). The van der Waals surface area contributed by atoms with Crippen LogP contribution in [0, 0.1) is 13.8 Å². The summed E-state index contributed by atoms with van der Waals surface area (Å²) in [6.07, 6.45) is 0.807. The fourth-order valence-corrected chi connectivity index (χ4v) is 6.04. The van der Waals surface area contributed by atoms with Crippen LogP contribution >= 0.6 is 23.1 Å². The summed E-state index contributed by atoms with van der Waals surface area (Å²) in [6, 6.07) is 10.5. The number of hydrogen-bond donors (Lipinski definition) is 0. The quantitative estimate of drug-likeness (QED) is 0.531. The number of benzene rings is 1. The van der Waals surface area contributed by atoms with Gasteiger partial charge in [-0.25, -0.2) is 9.97 Å². The first-order valence-electron chi connectivity index (χ1n) is 10.5. The molecule has 5 nitrogen and oxygen atoms in total. The molecule has 1 amide bonds. The molecule has 1 fully saturated rings. The third kappa shape index (κ3) is 4.53. The number of aryl methyl sites for hydroxylation is 3. The van der Waals surface area contributed by atoms with E-state index in [4.69, 9.17) is 0 Å². The number of carbonyl (C=O) groups excluding carboxylic acids is 1. The maximum Gasteiger partial charge on any atom is 0.264 e. The van der Waals surface area contributed by atoms with E-state index >= 15 is 0 Å². The second-order valence-electron chi connectivity index (χ2n) is 7.61. The summed E-state index contributed by atoms with van der Waals surface area (Å²) in [5.74, 6) is 2.07. The largest absolute Gasteiger partial charge is 0.335 e. The zero-order valence-electron chi connectivity index (χ0n) is 17.9. The van der Waals surface area contributed by atoms with Crippen molar-refractivity contribution < 1.29 is 4.79 Å². The Balaban J connectivity index is 1.36. The van der Waals surface area contributed by atoms with Crippen LogP contribution in [0.3, 0.4) is 0 Å². The molecule has 30 heavy (non-hydrogen) atoms. The van der Waals surface area contributed by atoms with Gasteiger partial charge in [0.2, 0.25) is 0 Å². The molecule has 7 heteroatoms. The molecule has 0 aliphatic carbocycles. The van der Waals surface area contributed by atoms with Crippen LogP contribution in [-0.2, 0) is 6.42 Å². The minimum absolute atomic E-state index is 0.145. The van der Waals surface area contributed by atoms with Gasteiger partial charge in [0.1, 0.15) is 10.7 Å². The first-order valence-corrected chi connectivity index (χ1v) is 12.3. The Hall–Kier alpha value is -1.96. The molecule has 0 bridgehead atoms. The predicted molar refractivity (Wildman–Crippen MR) is 126 cm³/mol. The average molecular weight is 441 g/mol. The molecule has 0 radical (unpaired) electrons. The highest BCUT2D eigenvalue weighted by molar-refractivity contribution is 7.99. The highest BCUT2D eigenvalue weighted by Gasteiger charge is 2.26. The molecule has 2 aromatic heterocycles. The van der Waals surface area contributed by atoms with Gasteiger partial charge in [-0.3, -0.25) is 9.69 Å². The van der Waals surface area contributed by atoms with E-state index in [9.17, 15) is 4.79 Å². The lowest BCUT2D eigenvalue weighted by Gasteiger charge is -2.34. The number of carbonyl (C=O) groups is 1. The van der Waals surface area contributed by atoms with Crippen molar-refractivity contribution in [3.05, 3.63) is 52.3 Å². The fraction of sp³-hybridized carbons (Fsp3) is 0.435. The van der Waals surface area contributed by atoms with Crippen LogP contribution in [0.5, 0.6) is 0 Å². The van der Waals surface area contributed by atoms with Crippen LogP contribution in [-0.4, -0.2) is 64.2 Å². The lowest BCUT2D eigenvalue weighted by atomic mass is 10.1. The predicted octanol–water partition coefficient (Wildman–Crippen LogP) is 4.42. The Kier molecular flexibility index (Phi) is 6.71. The Bertz CT molecular complexity index is 1030. The normalized spacial score (nSPS) is 15.1. The number of nitrogens with zero attached hydrogens (tertiary/aromatic N) is 4. The third-order valence-corrected chi connectivity index (χ3v) is 7.77. The Morgan fingerprint density at radius 1 is 1.10 bits per heavy atom. The van der Waals surface area contributed by atoms with E-state index in [1.54, 1.807) is 0 Å². The molecule has 0 spiro atoms. The van der Waals surface area contributed by atoms with Gasteiger partial charge in [-0.2, -0.15) is 0 Å². The standard InChI is InChI=1S/C23H28N4OS2/c1-4-19-24-17(3)20-16(2)21(30-22(20)25-19)23(28)27-12-10-26(11-13-27)14-15-29-18-8-6-5-7-9-18/h5-9H,4,10-15H2,1-3H3. The number of fused-ring (bicyclic) bond motifs is 1. The van der Waals surface area contributed by atoms with Crippen LogP contribution in [0.1, 0.15) is 33.7 Å². The second-order valence-corrected chi connectivity index (χ2v) is 9.78. The minimum atomic E-state index is 0.145. The molecular weight excluding hydrogens is 412 g/mol. The van der Waals surface area contributed by atoms with Gasteiger partial charge < -0.3 is 4.90 Å². The van der Waals surface area contributed by atoms with E-state index in [0.29, 0.717) is 0 Å². The average Bonchev–Trinajstić information content (AvgIpc) is 3.11. The third-order valence-electron chi connectivity index (χ3n) is 5.61. The van der Waals surface area contributed by atoms with Gasteiger partial charge in [0.25, 0.3) is 5.91 Å². The summed E-state index contributed by atoms with van der Waals surface area (Å²) in [7, 11) is 0. The highest BCUT2D eigenvalue weighted by atomic mass is 32.2. The van der Waals surface area contributed by atoms with Gasteiger partial charge in [-0.15, -0.1) is 23.1 Å². The number of thiophene rings is 1. The van der Waals surface area contributed by atoms with Gasteiger partial charge in [-0.1, -0.05) is 25.1 Å². The van der Waals surface area contributed by atoms with E-state index in [2.05, 4.69) is 52.1 Å². The molecule has 158 valence electrons. The highest BCUT2D eigenvalue weighted by Crippen LogP contribution is 2.32. The van der Waals surface area contributed by atoms with Crippen molar-refractivity contribution >= 4 is 39.2 Å². The van der Waals surface area contributed by atoms with E-state index < -0.39 is 0 Å². The zero-order valence-corrected chi connectivity index (χ0v) is 19.5. The number of aromatic nitrogens is 2. The number of amides is 1. The number of rotatable bonds is 6. The summed E-state index contributed by atoms with van der Waals surface area (Å²) in [6.45, 7) is 10.6. The van der Waals surface area contributed by atoms with Crippen molar-refractivity contribution in [2.45, 2.75) is 32.1 Å². The lowest BCUT2D eigenvalue weighted by Crippen LogP contribution is -2.49. The molecule has 1 aliphatic rings. The summed E-state index contributed by atoms with van der Waals surface area (Å²) in [5.41, 5.74) is 2.01. The molecule has 0 saturated carbocycles. The molecule has 1 aliphatic heterocycles. The maximum absolute atomic E-state index is 13.2. The molecule has 1 saturated heterocycles. The lowest BCUT2D eigenvalue weighted by molar-refractivity contribution is 0.0649. The maximum atomic E-state index is 13.2. The molecule has 3 heterocycles. The first kappa shape index (κ1) is 21.3. The van der Waals surface area contributed by atoms with E-state index in [0.717, 1.165) is 77.1 Å². The molecule has 1 aromatic carbocycles. The molecular formula is C23H28N4OS2. The number of piperazine rings is 1. The molecule has 0 atom stereocenters. The van der Waals surface area contributed by atoms with E-state index in [1.807, 2.05) is 30.5 Å². The monoisotopic (exact) mass is 440 g/mol. The van der Waals surface area contributed by atoms with Crippen molar-refractivity contribution in [1.82, 2.24) is 19.8 Å². The summed E-state index contributed by atoms with van der Waals surface area (Å²) >= 11 is 3.42. The van der Waals surface area contributed by atoms with Crippen molar-refractivity contribution in [2.24, 2.45) is 0 Å². The number of hydrogen-bond acceptors (Lipinski definition) is 6. The van der Waals surface area contributed by atoms with Crippen LogP contribution in [0.15, 0.2) is 35.2 Å². The van der Waals surface area contributed by atoms with Crippen LogP contribution in [0.2, 0.25) is 0 Å². The second kappa shape index (κ2) is 9.45. The van der Waals surface area contributed by atoms with Crippen LogP contribution in [0.25, 0.3) is 10.2 Å². The summed E-state index contributed by atoms with van der Waals surface area (Å²) < 4.78 is 0. The SMILES string of the molecule is CCc1nc(C)c2c(C)c(C(=O)N3CCN(CCSc4ccccc4)CC3)sc2n1. The minimum Gasteiger partial charge on any atom is -0.335 e. The Morgan fingerprint density at radius 2 is 1.83 bits per heavy atom. The van der Waals surface area contributed by atoms with Crippen molar-refractivity contribution in [3.8, 4) is 0 Å². The van der Waals surface area contributed by atoms with Gasteiger partial charge in [0.05, 0.1) is 4.88 Å². The molecule has 0 unspecified atom stereocenters. The Labute approximate surface area is 186 Å². The van der Waals surface area contributed by atoms with Gasteiger partial charge >= 0.3 is 0 Å². The van der Waals surface area contributed by atoms with Gasteiger partial charge in [-0.05, 0) is 31.5 Å². The Morgan fingerprint density at radius 3 is 2.53 bits per heavy atom. The smallest absolute Gasteiger partial charge is 0.264 e. The zero-order chi connectivity index (χ0) is 21.1. The first-order chi connectivity index (χ1) is 14.6. The van der Waals surface area contributed by atoms with Gasteiger partial charge in [0.15, 0.2) is 0 Å². The van der Waals surface area contributed by atoms with E-state index in [1.165, 1.54) is 16.2 Å². The van der Waals surface area contributed by atoms with Crippen molar-refractivity contribution in [1.29, 1.82) is 0 Å². The molecule has 0 N–H and O–H groups in total. The topological polar surface area (TPSA) is 49.3 Å².